The van der Waals surface area contributed by atoms with Crippen molar-refractivity contribution in [2.24, 2.45) is 35.5 Å². The normalized spacial score (nSPS) is 56.1. The Balaban J connectivity index is 1.42. The van der Waals surface area contributed by atoms with Crippen molar-refractivity contribution >= 4 is 26.9 Å². The van der Waals surface area contributed by atoms with Crippen LogP contribution in [-0.4, -0.2) is 16.5 Å². The summed E-state index contributed by atoms with van der Waals surface area (Å²) >= 11 is 3.30. The van der Waals surface area contributed by atoms with Gasteiger partial charge in [-0.25, -0.2) is 0 Å². The summed E-state index contributed by atoms with van der Waals surface area (Å²) in [5, 5.41) is 1.70. The Hall–Kier alpha value is 1.16. The first-order valence-electron chi connectivity index (χ1n) is 12.1. The zero-order chi connectivity index (χ0) is 17.6. The Morgan fingerprint density at radius 1 is 0.654 bits per heavy atom. The molecule has 8 bridgehead atoms. The molecule has 0 spiro atoms. The van der Waals surface area contributed by atoms with Crippen LogP contribution in [-0.2, 0) is 0 Å². The number of rotatable bonds is 5. The molecule has 0 aromatic rings. The van der Waals surface area contributed by atoms with E-state index in [9.17, 15) is 0 Å². The first kappa shape index (κ1) is 18.0. The molecule has 8 saturated carbocycles. The maximum atomic E-state index is 3.30. The van der Waals surface area contributed by atoms with Crippen LogP contribution in [0.15, 0.2) is 0 Å². The third kappa shape index (κ3) is 2.40. The molecule has 146 valence electrons. The molecule has 2 heteroatoms. The van der Waals surface area contributed by atoms with Crippen molar-refractivity contribution in [3.05, 3.63) is 0 Å². The Labute approximate surface area is 175 Å². The van der Waals surface area contributed by atoms with Crippen molar-refractivity contribution in [2.45, 2.75) is 107 Å². The van der Waals surface area contributed by atoms with E-state index in [1.165, 1.54) is 6.42 Å². The van der Waals surface area contributed by atoms with E-state index in [1.54, 1.807) is 89.6 Å². The molecule has 0 amide bonds. The highest BCUT2D eigenvalue weighted by molar-refractivity contribution is 14.2. The molecule has 0 N–H and O–H groups in total. The quantitative estimate of drug-likeness (QED) is 0.273. The van der Waals surface area contributed by atoms with Crippen LogP contribution < -0.4 is 0 Å². The molecule has 0 atom stereocenters. The number of hydrogen-bond donors (Lipinski definition) is 0. The lowest BCUT2D eigenvalue weighted by atomic mass is 9.55. The summed E-state index contributed by atoms with van der Waals surface area (Å²) in [7, 11) is 0. The predicted octanol–water partition coefficient (Wildman–Crippen LogP) is 8.09. The summed E-state index contributed by atoms with van der Waals surface area (Å²) in [6.45, 7) is 2.46. The Morgan fingerprint density at radius 2 is 0.962 bits per heavy atom. The summed E-state index contributed by atoms with van der Waals surface area (Å²) in [5.41, 5.74) is 0. The number of hydrogen-bond acceptors (Lipinski definition) is 0. The van der Waals surface area contributed by atoms with Gasteiger partial charge in [0.2, 0.25) is 0 Å². The average molecular weight is 485 g/mol. The van der Waals surface area contributed by atoms with Gasteiger partial charge < -0.3 is 0 Å². The zero-order valence-corrected chi connectivity index (χ0v) is 19.9. The van der Waals surface area contributed by atoms with Crippen LogP contribution >= 0.6 is 26.9 Å². The molecule has 8 rings (SSSR count). The van der Waals surface area contributed by atoms with E-state index in [0.717, 1.165) is 45.8 Å². The smallest absolute Gasteiger partial charge is 0.0652 e. The van der Waals surface area contributed by atoms with E-state index in [0.29, 0.717) is 0 Å². The first-order chi connectivity index (χ1) is 12.5. The number of unbranched alkanes of at least 4 members (excludes halogenated alkanes) is 1. The lowest BCUT2D eigenvalue weighted by Crippen LogP contribution is -2.59. The average Bonchev–Trinajstić information content (AvgIpc) is 2.57. The Bertz CT molecular complexity index is 466. The molecule has 0 aliphatic heterocycles. The fourth-order valence-electron chi connectivity index (χ4n) is 10.4. The maximum Gasteiger partial charge on any atom is 0.155 e. The third-order valence-corrected chi connectivity index (χ3v) is 23.0. The van der Waals surface area contributed by atoms with Crippen molar-refractivity contribution in [3.8, 4) is 0 Å². The van der Waals surface area contributed by atoms with E-state index >= 15 is 0 Å². The summed E-state index contributed by atoms with van der Waals surface area (Å²) in [6.07, 6.45) is 24.5. The molecule has 8 fully saturated rings. The molecule has 0 aromatic carbocycles. The van der Waals surface area contributed by atoms with Gasteiger partial charge in [0, 0.05) is 0 Å². The highest BCUT2D eigenvalue weighted by Crippen LogP contribution is 2.93. The molecule has 0 heterocycles. The van der Waals surface area contributed by atoms with Gasteiger partial charge in [-0.2, -0.15) is 0 Å². The molecule has 0 unspecified atom stereocenters. The fraction of sp³-hybridized carbons (Fsp3) is 1.00. The number of halogens is 1. The SMILES string of the molecule is CCCC[P+](I)(C12CC3CC(CC(C3)C1)C2)C12CC3CC(CC(C3)C1)C2. The van der Waals surface area contributed by atoms with Crippen LogP contribution in [0.4, 0.5) is 0 Å². The summed E-state index contributed by atoms with van der Waals surface area (Å²) in [6, 6.07) is 0. The minimum atomic E-state index is -0.915. The lowest BCUT2D eigenvalue weighted by molar-refractivity contribution is 0.0181. The molecular weight excluding hydrogens is 446 g/mol. The van der Waals surface area contributed by atoms with Gasteiger partial charge in [-0.15, -0.1) is 0 Å². The van der Waals surface area contributed by atoms with Crippen molar-refractivity contribution in [1.82, 2.24) is 0 Å². The minimum Gasteiger partial charge on any atom is -0.0652 e. The van der Waals surface area contributed by atoms with E-state index in [2.05, 4.69) is 29.0 Å². The van der Waals surface area contributed by atoms with E-state index in [1.807, 2.05) is 0 Å². The van der Waals surface area contributed by atoms with Crippen LogP contribution in [0.2, 0.25) is 0 Å². The van der Waals surface area contributed by atoms with Gasteiger partial charge in [-0.1, -0.05) is 13.3 Å². The van der Waals surface area contributed by atoms with Gasteiger partial charge in [0.1, 0.15) is 0 Å². The van der Waals surface area contributed by atoms with Crippen LogP contribution in [0.25, 0.3) is 0 Å². The van der Waals surface area contributed by atoms with Crippen molar-refractivity contribution in [2.75, 3.05) is 6.16 Å². The molecule has 8 aliphatic carbocycles. The van der Waals surface area contributed by atoms with Crippen molar-refractivity contribution < 1.29 is 0 Å². The molecule has 0 saturated heterocycles. The van der Waals surface area contributed by atoms with Crippen LogP contribution in [0, 0.1) is 35.5 Å². The second kappa shape index (κ2) is 6.09. The summed E-state index contributed by atoms with van der Waals surface area (Å²) in [5.74, 6) is 6.87. The highest BCUT2D eigenvalue weighted by Gasteiger charge is 2.74. The highest BCUT2D eigenvalue weighted by atomic mass is 127. The summed E-state index contributed by atoms with van der Waals surface area (Å²) in [4.78, 5) is -0.915. The second-order valence-corrected chi connectivity index (χ2v) is 20.8. The Morgan fingerprint density at radius 3 is 1.23 bits per heavy atom. The largest absolute Gasteiger partial charge is 0.155 e. The molecule has 26 heavy (non-hydrogen) atoms. The van der Waals surface area contributed by atoms with Gasteiger partial charge in [0.15, 0.2) is 22.0 Å². The second-order valence-electron chi connectivity index (χ2n) is 12.1. The standard InChI is InChI=1S/C24H39IP/c1-2-3-4-26(25,23-11-17-5-18(12-23)7-19(6-17)13-23)24-14-20-8-21(15-24)10-22(9-20)16-24/h17-22H,2-16H2,1H3/q+1. The maximum absolute atomic E-state index is 3.30. The van der Waals surface area contributed by atoms with E-state index < -0.39 is 4.90 Å². The van der Waals surface area contributed by atoms with Gasteiger partial charge in [-0.3, -0.25) is 0 Å². The molecule has 0 aromatic heterocycles. The topological polar surface area (TPSA) is 0 Å². The predicted molar refractivity (Wildman–Crippen MR) is 123 cm³/mol. The van der Waals surface area contributed by atoms with Gasteiger partial charge in [-0.05, 0) is 119 Å². The van der Waals surface area contributed by atoms with Crippen molar-refractivity contribution in [3.63, 3.8) is 0 Å². The first-order valence-corrected chi connectivity index (χ1v) is 16.9. The molecule has 0 radical (unpaired) electrons. The van der Waals surface area contributed by atoms with Crippen molar-refractivity contribution in [1.29, 1.82) is 0 Å². The minimum absolute atomic E-state index is 0.850. The fourth-order valence-corrected chi connectivity index (χ4v) is 20.9. The van der Waals surface area contributed by atoms with Crippen LogP contribution in [0.5, 0.6) is 0 Å². The zero-order valence-electron chi connectivity index (χ0n) is 16.9. The molecular formula is C24H39IP+. The summed E-state index contributed by atoms with van der Waals surface area (Å²) < 4.78 is 0. The van der Waals surface area contributed by atoms with E-state index in [4.69, 9.17) is 0 Å². The van der Waals surface area contributed by atoms with Gasteiger partial charge >= 0.3 is 0 Å². The van der Waals surface area contributed by atoms with Crippen LogP contribution in [0.3, 0.4) is 0 Å². The van der Waals surface area contributed by atoms with E-state index in [-0.39, 0.29) is 0 Å². The third-order valence-electron chi connectivity index (χ3n) is 10.3. The molecule has 0 nitrogen and oxygen atoms in total. The monoisotopic (exact) mass is 485 g/mol. The van der Waals surface area contributed by atoms with Gasteiger partial charge in [0.25, 0.3) is 0 Å². The lowest BCUT2D eigenvalue weighted by Gasteiger charge is -2.66. The van der Waals surface area contributed by atoms with Gasteiger partial charge in [0.05, 0.1) is 21.4 Å². The van der Waals surface area contributed by atoms with Crippen LogP contribution in [0.1, 0.15) is 96.8 Å². The Kier molecular flexibility index (Phi) is 4.21. The molecule has 8 aliphatic rings.